The highest BCUT2D eigenvalue weighted by Gasteiger charge is 2.32. The standard InChI is InChI=1S/C46H52N8O4S/c1-29-28-47-41-40-33-16-17-34(49-35(33)18-20-38(40)59-43(41)45(57)48-29)31-13-9-14-32(27-31)53-25-23-52(24-26-53)22-8-6-4-3-5-7-11-30-12-10-15-36-42(30)51(2)46(58)54(36)37-19-21-39(55)50-44(37)56/h9-10,12-18,20,27,29,37,47H,3-8,11,19,21-26,28H2,1-2H3,(H,48,57)(H,50,55,56)/t29-,37?/m1/s1. The second-order valence-electron chi connectivity index (χ2n) is 16.5. The highest BCUT2D eigenvalue weighted by molar-refractivity contribution is 7.21. The molecule has 1 unspecified atom stereocenters. The summed E-state index contributed by atoms with van der Waals surface area (Å²) in [5.74, 6) is -0.696. The number of fused-ring (bicyclic) bond motifs is 6. The minimum absolute atomic E-state index is 0.0140. The van der Waals surface area contributed by atoms with E-state index in [0.717, 1.165) is 111 Å². The molecular weight excluding hydrogens is 761 g/mol. The Labute approximate surface area is 347 Å². The number of nitrogens with zero attached hydrogens (tertiary/aromatic N) is 5. The van der Waals surface area contributed by atoms with Gasteiger partial charge in [0.15, 0.2) is 0 Å². The summed E-state index contributed by atoms with van der Waals surface area (Å²) in [5, 5.41) is 11.1. The number of imide groups is 1. The Balaban J connectivity index is 0.732. The number of carbonyl (C=O) groups excluding carboxylic acids is 3. The molecule has 12 nitrogen and oxygen atoms in total. The number of nitrogens with one attached hydrogen (secondary N) is 3. The van der Waals surface area contributed by atoms with Gasteiger partial charge in [-0.3, -0.25) is 33.7 Å². The average Bonchev–Trinajstić information content (AvgIpc) is 3.70. The van der Waals surface area contributed by atoms with E-state index in [4.69, 9.17) is 4.98 Å². The number of thiophene rings is 1. The van der Waals surface area contributed by atoms with Crippen molar-refractivity contribution in [2.24, 2.45) is 7.05 Å². The lowest BCUT2D eigenvalue weighted by atomic mass is 10.0. The topological polar surface area (TPSA) is 134 Å². The van der Waals surface area contributed by atoms with Gasteiger partial charge in [-0.05, 0) is 87.2 Å². The number of carbonyl (C=O) groups is 3. The monoisotopic (exact) mass is 812 g/mol. The molecule has 0 spiro atoms. The number of rotatable bonds is 12. The molecule has 13 heteroatoms. The van der Waals surface area contributed by atoms with Crippen molar-refractivity contribution in [3.63, 3.8) is 0 Å². The average molecular weight is 813 g/mol. The smallest absolute Gasteiger partial charge is 0.329 e. The van der Waals surface area contributed by atoms with Crippen LogP contribution in [0.3, 0.4) is 0 Å². The van der Waals surface area contributed by atoms with Crippen LogP contribution in [0, 0.1) is 0 Å². The maximum Gasteiger partial charge on any atom is 0.329 e. The zero-order valence-electron chi connectivity index (χ0n) is 33.9. The van der Waals surface area contributed by atoms with Crippen LogP contribution in [0.15, 0.2) is 71.5 Å². The van der Waals surface area contributed by atoms with Gasteiger partial charge in [0, 0.05) is 79.0 Å². The second-order valence-corrected chi connectivity index (χ2v) is 17.5. The number of amides is 3. The number of hydrogen-bond acceptors (Lipinski definition) is 9. The fourth-order valence-electron chi connectivity index (χ4n) is 9.29. The molecule has 2 fully saturated rings. The van der Waals surface area contributed by atoms with Crippen LogP contribution in [-0.2, 0) is 23.1 Å². The van der Waals surface area contributed by atoms with Crippen molar-refractivity contribution in [3.05, 3.63) is 87.7 Å². The first-order chi connectivity index (χ1) is 28.7. The number of para-hydroxylation sites is 1. The van der Waals surface area contributed by atoms with Crippen molar-refractivity contribution in [1.29, 1.82) is 0 Å². The van der Waals surface area contributed by atoms with Crippen LogP contribution in [-0.4, -0.2) is 82.1 Å². The van der Waals surface area contributed by atoms with Gasteiger partial charge in [0.1, 0.15) is 10.9 Å². The van der Waals surface area contributed by atoms with Crippen LogP contribution in [0.1, 0.15) is 79.6 Å². The van der Waals surface area contributed by atoms with E-state index in [-0.39, 0.29) is 30.0 Å². The van der Waals surface area contributed by atoms with Gasteiger partial charge in [0.25, 0.3) is 5.91 Å². The minimum Gasteiger partial charge on any atom is -0.381 e. The molecule has 6 aromatic rings. The first-order valence-corrected chi connectivity index (χ1v) is 22.1. The maximum absolute atomic E-state index is 13.2. The first kappa shape index (κ1) is 39.0. The van der Waals surface area contributed by atoms with E-state index in [0.29, 0.717) is 13.0 Å². The van der Waals surface area contributed by atoms with Crippen molar-refractivity contribution < 1.29 is 14.4 Å². The molecule has 3 aromatic carbocycles. The molecule has 0 saturated carbocycles. The van der Waals surface area contributed by atoms with Gasteiger partial charge >= 0.3 is 5.69 Å². The van der Waals surface area contributed by atoms with Crippen LogP contribution in [0.4, 0.5) is 11.4 Å². The summed E-state index contributed by atoms with van der Waals surface area (Å²) >= 11 is 1.54. The molecule has 0 aliphatic carbocycles. The number of imidazole rings is 1. The number of unbranched alkanes of at least 4 members (excludes halogenated alkanes) is 5. The Bertz CT molecular complexity index is 2640. The summed E-state index contributed by atoms with van der Waals surface area (Å²) in [4.78, 5) is 61.4. The number of aryl methyl sites for hydroxylation is 2. The molecule has 6 heterocycles. The van der Waals surface area contributed by atoms with E-state index in [1.54, 1.807) is 16.2 Å². The highest BCUT2D eigenvalue weighted by atomic mass is 32.1. The third-order valence-corrected chi connectivity index (χ3v) is 13.6. The third kappa shape index (κ3) is 7.73. The second kappa shape index (κ2) is 16.6. The van der Waals surface area contributed by atoms with Crippen molar-refractivity contribution in [2.45, 2.75) is 76.8 Å². The van der Waals surface area contributed by atoms with E-state index < -0.39 is 11.9 Å². The molecule has 3 amide bonds. The highest BCUT2D eigenvalue weighted by Crippen LogP contribution is 2.41. The summed E-state index contributed by atoms with van der Waals surface area (Å²) in [7, 11) is 1.77. The summed E-state index contributed by atoms with van der Waals surface area (Å²) in [6.07, 6.45) is 8.51. The number of piperidine rings is 1. The Hall–Kier alpha value is -5.53. The van der Waals surface area contributed by atoms with Crippen LogP contribution in [0.5, 0.6) is 0 Å². The van der Waals surface area contributed by atoms with Gasteiger partial charge in [-0.1, -0.05) is 49.9 Å². The fourth-order valence-corrected chi connectivity index (χ4v) is 10.4. The predicted molar refractivity (Wildman–Crippen MR) is 237 cm³/mol. The minimum atomic E-state index is -0.660. The van der Waals surface area contributed by atoms with Crippen molar-refractivity contribution in [1.82, 2.24) is 29.7 Å². The molecule has 59 heavy (non-hydrogen) atoms. The van der Waals surface area contributed by atoms with E-state index in [1.807, 2.05) is 19.1 Å². The Morgan fingerprint density at radius 3 is 2.49 bits per heavy atom. The molecule has 3 N–H and O–H groups in total. The Kier molecular flexibility index (Phi) is 11.0. The third-order valence-electron chi connectivity index (χ3n) is 12.4. The largest absolute Gasteiger partial charge is 0.381 e. The zero-order valence-corrected chi connectivity index (χ0v) is 34.7. The molecule has 3 aliphatic heterocycles. The molecule has 9 rings (SSSR count). The van der Waals surface area contributed by atoms with E-state index in [9.17, 15) is 19.2 Å². The van der Waals surface area contributed by atoms with Gasteiger partial charge in [0.2, 0.25) is 11.8 Å². The fraction of sp³-hybridized carbons (Fsp3) is 0.413. The van der Waals surface area contributed by atoms with Crippen LogP contribution in [0.25, 0.3) is 43.3 Å². The first-order valence-electron chi connectivity index (χ1n) is 21.2. The number of pyridine rings is 1. The van der Waals surface area contributed by atoms with Gasteiger partial charge in [-0.15, -0.1) is 11.3 Å². The van der Waals surface area contributed by atoms with Crippen LogP contribution >= 0.6 is 11.3 Å². The zero-order chi connectivity index (χ0) is 40.6. The SMILES string of the molecule is C[C@@H]1CNc2c(sc3ccc4nc(-c5cccc(N6CCN(CCCCCCCCc7cccc8c7n(C)c(=O)n8C7CCC(=O)NC7=O)CC6)c5)ccc4c23)C(=O)N1. The van der Waals surface area contributed by atoms with E-state index >= 15 is 0 Å². The van der Waals surface area contributed by atoms with Gasteiger partial charge in [-0.2, -0.15) is 0 Å². The van der Waals surface area contributed by atoms with Gasteiger partial charge < -0.3 is 15.5 Å². The lowest BCUT2D eigenvalue weighted by molar-refractivity contribution is -0.135. The number of piperazine rings is 1. The summed E-state index contributed by atoms with van der Waals surface area (Å²) in [5.41, 5.74) is 7.70. The molecule has 3 aromatic heterocycles. The molecule has 306 valence electrons. The summed E-state index contributed by atoms with van der Waals surface area (Å²) in [6.45, 7) is 7.97. The molecule has 2 atom stereocenters. The van der Waals surface area contributed by atoms with Crippen LogP contribution in [0.2, 0.25) is 0 Å². The van der Waals surface area contributed by atoms with Crippen molar-refractivity contribution in [3.8, 4) is 11.3 Å². The van der Waals surface area contributed by atoms with Crippen molar-refractivity contribution >= 4 is 72.5 Å². The molecule has 2 saturated heterocycles. The van der Waals surface area contributed by atoms with Gasteiger partial charge in [-0.25, -0.2) is 9.78 Å². The number of benzene rings is 3. The Morgan fingerprint density at radius 2 is 1.66 bits per heavy atom. The van der Waals surface area contributed by atoms with E-state index in [1.165, 1.54) is 42.7 Å². The van der Waals surface area contributed by atoms with Crippen LogP contribution < -0.4 is 26.5 Å². The number of aromatic nitrogens is 3. The summed E-state index contributed by atoms with van der Waals surface area (Å²) < 4.78 is 4.32. The maximum atomic E-state index is 13.2. The number of hydrogen-bond donors (Lipinski definition) is 3. The number of anilines is 2. The summed E-state index contributed by atoms with van der Waals surface area (Å²) in [6, 6.07) is 22.6. The molecule has 0 radical (unpaired) electrons. The molecular formula is C46H52N8O4S. The lowest BCUT2D eigenvalue weighted by Crippen LogP contribution is -2.46. The normalized spacial score (nSPS) is 18.9. The molecule has 3 aliphatic rings. The quantitative estimate of drug-likeness (QED) is 0.0890. The predicted octanol–water partition coefficient (Wildman–Crippen LogP) is 7.00. The van der Waals surface area contributed by atoms with Gasteiger partial charge in [0.05, 0.1) is 27.9 Å². The van der Waals surface area contributed by atoms with Crippen molar-refractivity contribution in [2.75, 3.05) is 49.5 Å². The Morgan fingerprint density at radius 1 is 0.864 bits per heavy atom. The molecule has 0 bridgehead atoms. The van der Waals surface area contributed by atoms with E-state index in [2.05, 4.69) is 80.3 Å². The lowest BCUT2D eigenvalue weighted by Gasteiger charge is -2.36.